The van der Waals surface area contributed by atoms with Gasteiger partial charge in [-0.25, -0.2) is 0 Å². The normalized spacial score (nSPS) is 13.0. The van der Waals surface area contributed by atoms with Crippen LogP contribution in [-0.2, 0) is 14.9 Å². The predicted molar refractivity (Wildman–Crippen MR) is 40.2 cm³/mol. The maximum absolute atomic E-state index is 10.4. The highest BCUT2D eigenvalue weighted by molar-refractivity contribution is 7.86. The second-order valence-corrected chi connectivity index (χ2v) is 3.38. The van der Waals surface area contributed by atoms with Gasteiger partial charge < -0.3 is 4.74 Å². The van der Waals surface area contributed by atoms with Gasteiger partial charge in [-0.3, -0.25) is 4.55 Å². The van der Waals surface area contributed by atoms with Gasteiger partial charge >= 0.3 is 10.1 Å². The van der Waals surface area contributed by atoms with Crippen LogP contribution in [0.1, 0.15) is 20.3 Å². The van der Waals surface area contributed by atoms with Crippen molar-refractivity contribution in [1.29, 1.82) is 0 Å². The van der Waals surface area contributed by atoms with Gasteiger partial charge in [-0.1, -0.05) is 12.8 Å². The highest BCUT2D eigenvalue weighted by Crippen LogP contribution is 2.03. The van der Waals surface area contributed by atoms with Crippen molar-refractivity contribution in [2.24, 2.45) is 0 Å². The number of hydrogen-bond acceptors (Lipinski definition) is 3. The first-order valence-corrected chi connectivity index (χ1v) is 4.56. The summed E-state index contributed by atoms with van der Waals surface area (Å²) in [6, 6.07) is 0. The van der Waals surface area contributed by atoms with Gasteiger partial charge in [0.25, 0.3) is 0 Å². The summed E-state index contributed by atoms with van der Waals surface area (Å²) in [6.45, 7) is 3.09. The summed E-state index contributed by atoms with van der Waals surface area (Å²) >= 11 is 0. The summed E-state index contributed by atoms with van der Waals surface area (Å²) in [5.74, 6) is 2.36. The lowest BCUT2D eigenvalue weighted by atomic mass is 10.5. The van der Waals surface area contributed by atoms with E-state index in [1.54, 1.807) is 6.92 Å². The lowest BCUT2D eigenvalue weighted by molar-refractivity contribution is 0.218. The van der Waals surface area contributed by atoms with E-state index < -0.39 is 15.6 Å². The molecule has 1 atom stereocenters. The number of hydrogen-bond donors (Lipinski definition) is 1. The van der Waals surface area contributed by atoms with Crippen LogP contribution in [0.5, 0.6) is 0 Å². The summed E-state index contributed by atoms with van der Waals surface area (Å²) < 4.78 is 33.9. The zero-order valence-electron chi connectivity index (χ0n) is 6.36. The van der Waals surface area contributed by atoms with Crippen LogP contribution < -0.4 is 0 Å². The third-order valence-corrected chi connectivity index (χ3v) is 2.05. The Bertz CT molecular complexity index is 256. The fraction of sp³-hybridized carbons (Fsp3) is 0.667. The predicted octanol–water partition coefficient (Wildman–Crippen LogP) is 0.608. The molecule has 1 N–H and O–H groups in total. The minimum atomic E-state index is -4.11. The molecule has 4 nitrogen and oxygen atoms in total. The van der Waals surface area contributed by atoms with Crippen molar-refractivity contribution in [3.05, 3.63) is 0 Å². The first kappa shape index (κ1) is 10.3. The quantitative estimate of drug-likeness (QED) is 0.508. The third kappa shape index (κ3) is 3.86. The van der Waals surface area contributed by atoms with Gasteiger partial charge in [0.05, 0.1) is 0 Å². The van der Waals surface area contributed by atoms with Crippen LogP contribution in [0.3, 0.4) is 0 Å². The molecule has 5 heteroatoms. The van der Waals surface area contributed by atoms with Gasteiger partial charge in [0.2, 0.25) is 5.44 Å². The van der Waals surface area contributed by atoms with Crippen LogP contribution in [0.2, 0.25) is 0 Å². The molecule has 0 saturated heterocycles. The van der Waals surface area contributed by atoms with Crippen LogP contribution in [0.25, 0.3) is 0 Å². The highest BCUT2D eigenvalue weighted by atomic mass is 32.2. The van der Waals surface area contributed by atoms with E-state index in [0.717, 1.165) is 0 Å². The van der Waals surface area contributed by atoms with Gasteiger partial charge in [-0.2, -0.15) is 8.42 Å². The SMILES string of the molecule is CC#COC(CC)S(=O)(=O)O. The van der Waals surface area contributed by atoms with Crippen molar-refractivity contribution in [2.75, 3.05) is 0 Å². The van der Waals surface area contributed by atoms with E-state index in [0.29, 0.717) is 0 Å². The van der Waals surface area contributed by atoms with Crippen LogP contribution in [0.4, 0.5) is 0 Å². The van der Waals surface area contributed by atoms with E-state index in [-0.39, 0.29) is 6.42 Å². The molecule has 0 heterocycles. The molecule has 0 aliphatic rings. The maximum Gasteiger partial charge on any atom is 0.304 e. The van der Waals surface area contributed by atoms with Gasteiger partial charge in [0, 0.05) is 6.92 Å². The molecular formula is C6H10O4S. The van der Waals surface area contributed by atoms with E-state index in [1.807, 2.05) is 0 Å². The first-order valence-electron chi connectivity index (χ1n) is 3.06. The lowest BCUT2D eigenvalue weighted by Crippen LogP contribution is -2.20. The van der Waals surface area contributed by atoms with Crippen molar-refractivity contribution in [3.63, 3.8) is 0 Å². The van der Waals surface area contributed by atoms with Gasteiger partial charge in [0.15, 0.2) is 0 Å². The van der Waals surface area contributed by atoms with E-state index in [9.17, 15) is 8.42 Å². The Balaban J connectivity index is 4.27. The Morgan fingerprint density at radius 3 is 2.45 bits per heavy atom. The molecule has 0 aromatic heterocycles. The second kappa shape index (κ2) is 4.21. The van der Waals surface area contributed by atoms with E-state index in [4.69, 9.17) is 4.55 Å². The Hall–Kier alpha value is -0.730. The van der Waals surface area contributed by atoms with Gasteiger partial charge in [-0.05, 0) is 6.42 Å². The van der Waals surface area contributed by atoms with Gasteiger partial charge in [-0.15, -0.1) is 0 Å². The van der Waals surface area contributed by atoms with Crippen molar-refractivity contribution in [1.82, 2.24) is 0 Å². The molecule has 0 rings (SSSR count). The van der Waals surface area contributed by atoms with Crippen LogP contribution >= 0.6 is 0 Å². The summed E-state index contributed by atoms with van der Waals surface area (Å²) in [5.41, 5.74) is -1.23. The van der Waals surface area contributed by atoms with Crippen molar-refractivity contribution in [3.8, 4) is 12.0 Å². The molecule has 0 saturated carbocycles. The largest absolute Gasteiger partial charge is 0.424 e. The van der Waals surface area contributed by atoms with Crippen LogP contribution in [-0.4, -0.2) is 18.4 Å². The molecule has 0 aromatic carbocycles. The summed E-state index contributed by atoms with van der Waals surface area (Å²) in [5, 5.41) is 0. The van der Waals surface area contributed by atoms with Crippen molar-refractivity contribution >= 4 is 10.1 Å². The van der Waals surface area contributed by atoms with Gasteiger partial charge in [0.1, 0.15) is 6.11 Å². The molecule has 0 radical (unpaired) electrons. The minimum Gasteiger partial charge on any atom is -0.424 e. The topological polar surface area (TPSA) is 63.6 Å². The summed E-state index contributed by atoms with van der Waals surface area (Å²) in [4.78, 5) is 0. The molecule has 0 amide bonds. The zero-order valence-corrected chi connectivity index (χ0v) is 7.18. The molecule has 11 heavy (non-hydrogen) atoms. The molecule has 0 bridgehead atoms. The van der Waals surface area contributed by atoms with E-state index in [1.165, 1.54) is 6.92 Å². The Morgan fingerprint density at radius 2 is 2.18 bits per heavy atom. The molecule has 0 aliphatic heterocycles. The molecular weight excluding hydrogens is 168 g/mol. The van der Waals surface area contributed by atoms with Crippen molar-refractivity contribution < 1.29 is 17.7 Å². The molecule has 0 aromatic rings. The molecule has 0 fully saturated rings. The zero-order chi connectivity index (χ0) is 8.91. The summed E-state index contributed by atoms with van der Waals surface area (Å²) in [7, 11) is -4.11. The van der Waals surface area contributed by atoms with Crippen LogP contribution in [0, 0.1) is 12.0 Å². The minimum absolute atomic E-state index is 0.174. The Labute approximate surface area is 66.3 Å². The summed E-state index contributed by atoms with van der Waals surface area (Å²) in [6.07, 6.45) is 2.29. The Kier molecular flexibility index (Phi) is 3.93. The molecule has 0 aliphatic carbocycles. The van der Waals surface area contributed by atoms with Crippen LogP contribution in [0.15, 0.2) is 0 Å². The number of rotatable bonds is 3. The average Bonchev–Trinajstić information content (AvgIpc) is 1.87. The smallest absolute Gasteiger partial charge is 0.304 e. The molecule has 1 unspecified atom stereocenters. The monoisotopic (exact) mass is 178 g/mol. The fourth-order valence-corrected chi connectivity index (χ4v) is 1.07. The number of ether oxygens (including phenoxy) is 1. The fourth-order valence-electron chi connectivity index (χ4n) is 0.479. The second-order valence-electron chi connectivity index (χ2n) is 1.82. The molecule has 64 valence electrons. The standard InChI is InChI=1S/C6H10O4S/c1-3-5-10-6(4-2)11(7,8)9/h6H,4H2,1-2H3,(H,7,8,9). The third-order valence-electron chi connectivity index (χ3n) is 0.958. The highest BCUT2D eigenvalue weighted by Gasteiger charge is 2.21. The van der Waals surface area contributed by atoms with E-state index in [2.05, 4.69) is 16.8 Å². The first-order chi connectivity index (χ1) is 5.02. The molecule has 0 spiro atoms. The lowest BCUT2D eigenvalue weighted by Gasteiger charge is -2.07. The average molecular weight is 178 g/mol. The maximum atomic E-state index is 10.4. The van der Waals surface area contributed by atoms with E-state index >= 15 is 0 Å². The van der Waals surface area contributed by atoms with Crippen molar-refractivity contribution in [2.45, 2.75) is 25.7 Å². The Morgan fingerprint density at radius 1 is 1.64 bits per heavy atom.